The van der Waals surface area contributed by atoms with Crippen molar-refractivity contribution < 1.29 is 13.2 Å². The van der Waals surface area contributed by atoms with Gasteiger partial charge in [-0.25, -0.2) is 12.4 Å². The number of nitrogens with one attached hydrogen (secondary N) is 2. The Morgan fingerprint density at radius 2 is 1.68 bits per heavy atom. The van der Waals surface area contributed by atoms with E-state index >= 15 is 0 Å². The van der Waals surface area contributed by atoms with E-state index in [0.29, 0.717) is 23.4 Å². The van der Waals surface area contributed by atoms with Gasteiger partial charge in [0.1, 0.15) is 5.82 Å². The lowest BCUT2D eigenvalue weighted by molar-refractivity contribution is -0.116. The van der Waals surface area contributed by atoms with E-state index in [1.165, 1.54) is 18.0 Å². The predicted molar refractivity (Wildman–Crippen MR) is 158 cm³/mol. The van der Waals surface area contributed by atoms with E-state index < -0.39 is 10.0 Å². The number of hydrogen-bond acceptors (Lipinski definition) is 8. The van der Waals surface area contributed by atoms with Crippen LogP contribution in [0.3, 0.4) is 0 Å². The molecule has 0 saturated heterocycles. The van der Waals surface area contributed by atoms with Gasteiger partial charge in [-0.3, -0.25) is 4.79 Å². The number of hydrogen-bond donors (Lipinski definition) is 3. The van der Waals surface area contributed by atoms with Gasteiger partial charge in [0, 0.05) is 43.8 Å². The van der Waals surface area contributed by atoms with Gasteiger partial charge < -0.3 is 21.3 Å². The van der Waals surface area contributed by atoms with Crippen molar-refractivity contribution in [2.75, 3.05) is 22.6 Å². The molecule has 0 radical (unpaired) electrons. The summed E-state index contributed by atoms with van der Waals surface area (Å²) in [5, 5.41) is 6.99. The van der Waals surface area contributed by atoms with Gasteiger partial charge in [0.2, 0.25) is 11.9 Å². The number of nitrogens with zero attached hydrogens (tertiary/aromatic N) is 4. The molecule has 204 valence electrons. The molecule has 0 bridgehead atoms. The first kappa shape index (κ1) is 26.9. The molecule has 1 amide bonds. The fourth-order valence-electron chi connectivity index (χ4n) is 4.15. The average Bonchev–Trinajstić information content (AvgIpc) is 3.39. The molecule has 4 N–H and O–H groups in total. The second-order valence-electron chi connectivity index (χ2n) is 9.34. The largest absolute Gasteiger partial charge is 0.339 e. The SMILES string of the molecule is CC(=O)N(C)c1ccc(Nc2nc(Nc3cccc(CN)c3)c3ccn(S(=O)(=O)c4ccc(C)cc4)c3n2)cc1. The number of aromatic nitrogens is 3. The number of amides is 1. The molecule has 0 fully saturated rings. The van der Waals surface area contributed by atoms with Crippen LogP contribution in [0.1, 0.15) is 18.1 Å². The molecule has 3 aromatic carbocycles. The Morgan fingerprint density at radius 3 is 2.35 bits per heavy atom. The molecule has 5 rings (SSSR count). The molecule has 5 aromatic rings. The van der Waals surface area contributed by atoms with Crippen LogP contribution in [0.25, 0.3) is 11.0 Å². The third-order valence-corrected chi connectivity index (χ3v) is 8.18. The number of rotatable bonds is 8. The highest BCUT2D eigenvalue weighted by molar-refractivity contribution is 7.90. The summed E-state index contributed by atoms with van der Waals surface area (Å²) in [6.07, 6.45) is 1.48. The van der Waals surface area contributed by atoms with E-state index in [0.717, 1.165) is 26.5 Å². The molecule has 0 unspecified atom stereocenters. The lowest BCUT2D eigenvalue weighted by atomic mass is 10.2. The van der Waals surface area contributed by atoms with Gasteiger partial charge in [0.25, 0.3) is 10.0 Å². The number of aryl methyl sites for hydroxylation is 1. The van der Waals surface area contributed by atoms with E-state index in [1.54, 1.807) is 61.6 Å². The van der Waals surface area contributed by atoms with Crippen molar-refractivity contribution in [3.8, 4) is 0 Å². The first-order valence-corrected chi connectivity index (χ1v) is 14.0. The van der Waals surface area contributed by atoms with Gasteiger partial charge in [0.05, 0.1) is 10.3 Å². The van der Waals surface area contributed by atoms with E-state index in [9.17, 15) is 13.2 Å². The molecule has 0 atom stereocenters. The average molecular weight is 556 g/mol. The van der Waals surface area contributed by atoms with Crippen molar-refractivity contribution in [1.29, 1.82) is 0 Å². The number of fused-ring (bicyclic) bond motifs is 1. The third-order valence-electron chi connectivity index (χ3n) is 6.50. The van der Waals surface area contributed by atoms with Crippen molar-refractivity contribution in [1.82, 2.24) is 13.9 Å². The summed E-state index contributed by atoms with van der Waals surface area (Å²) in [5.41, 5.74) is 10.1. The number of carbonyl (C=O) groups is 1. The molecule has 0 aliphatic rings. The van der Waals surface area contributed by atoms with Crippen LogP contribution < -0.4 is 21.3 Å². The molecular formula is C29H29N7O3S. The highest BCUT2D eigenvalue weighted by Gasteiger charge is 2.22. The molecule has 2 aromatic heterocycles. The molecule has 2 heterocycles. The van der Waals surface area contributed by atoms with Crippen LogP contribution in [0.15, 0.2) is 90.0 Å². The van der Waals surface area contributed by atoms with Crippen LogP contribution in [0.4, 0.5) is 28.8 Å². The van der Waals surface area contributed by atoms with Gasteiger partial charge in [-0.2, -0.15) is 9.97 Å². The Hall–Kier alpha value is -4.74. The van der Waals surface area contributed by atoms with Crippen molar-refractivity contribution in [3.05, 3.63) is 96.2 Å². The summed E-state index contributed by atoms with van der Waals surface area (Å²) in [7, 11) is -2.24. The smallest absolute Gasteiger partial charge is 0.269 e. The van der Waals surface area contributed by atoms with Crippen molar-refractivity contribution in [2.24, 2.45) is 5.73 Å². The molecule has 0 aliphatic heterocycles. The monoisotopic (exact) mass is 555 g/mol. The summed E-state index contributed by atoms with van der Waals surface area (Å²) in [6.45, 7) is 3.77. The van der Waals surface area contributed by atoms with Crippen LogP contribution in [0.2, 0.25) is 0 Å². The van der Waals surface area contributed by atoms with Gasteiger partial charge in [0.15, 0.2) is 5.65 Å². The molecule has 0 saturated carbocycles. The van der Waals surface area contributed by atoms with Gasteiger partial charge in [-0.05, 0) is 67.1 Å². The zero-order chi connectivity index (χ0) is 28.4. The number of nitrogens with two attached hydrogens (primary N) is 1. The Bertz CT molecular complexity index is 1800. The zero-order valence-corrected chi connectivity index (χ0v) is 23.1. The van der Waals surface area contributed by atoms with Crippen LogP contribution in [-0.2, 0) is 21.4 Å². The minimum Gasteiger partial charge on any atom is -0.339 e. The second kappa shape index (κ2) is 10.8. The number of benzene rings is 3. The maximum absolute atomic E-state index is 13.6. The normalized spacial score (nSPS) is 11.4. The first-order valence-electron chi connectivity index (χ1n) is 12.5. The molecule has 0 spiro atoms. The molecular weight excluding hydrogens is 526 g/mol. The van der Waals surface area contributed by atoms with Crippen LogP contribution in [-0.4, -0.2) is 35.3 Å². The Kier molecular flexibility index (Phi) is 7.24. The standard InChI is InChI=1S/C29H29N7O3S/c1-19-7-13-25(14-8-19)40(38,39)36-16-15-26-27(31-23-6-4-5-21(17-23)18-30)33-29(34-28(26)36)32-22-9-11-24(12-10-22)35(3)20(2)37/h4-17H,18,30H2,1-3H3,(H2,31,32,33,34). The van der Waals surface area contributed by atoms with Crippen LogP contribution in [0.5, 0.6) is 0 Å². The van der Waals surface area contributed by atoms with Crippen molar-refractivity contribution in [2.45, 2.75) is 25.3 Å². The fraction of sp³-hybridized carbons (Fsp3) is 0.138. The zero-order valence-electron chi connectivity index (χ0n) is 22.3. The molecule has 10 nitrogen and oxygen atoms in total. The minimum absolute atomic E-state index is 0.0838. The highest BCUT2D eigenvalue weighted by atomic mass is 32.2. The topological polar surface area (TPSA) is 135 Å². The second-order valence-corrected chi connectivity index (χ2v) is 11.2. The molecule has 0 aliphatic carbocycles. The van der Waals surface area contributed by atoms with Gasteiger partial charge in [-0.1, -0.05) is 29.8 Å². The van der Waals surface area contributed by atoms with Gasteiger partial charge in [-0.15, -0.1) is 0 Å². The minimum atomic E-state index is -3.94. The lowest BCUT2D eigenvalue weighted by Gasteiger charge is -2.16. The third kappa shape index (κ3) is 5.37. The van der Waals surface area contributed by atoms with Crippen molar-refractivity contribution >= 4 is 55.8 Å². The summed E-state index contributed by atoms with van der Waals surface area (Å²) in [6, 6.07) is 23.1. The lowest BCUT2D eigenvalue weighted by Crippen LogP contribution is -2.22. The first-order chi connectivity index (χ1) is 19.2. The van der Waals surface area contributed by atoms with Crippen LogP contribution >= 0.6 is 0 Å². The summed E-state index contributed by atoms with van der Waals surface area (Å²) >= 11 is 0. The van der Waals surface area contributed by atoms with E-state index in [-0.39, 0.29) is 22.4 Å². The summed E-state index contributed by atoms with van der Waals surface area (Å²) in [4.78, 5) is 22.7. The number of carbonyl (C=O) groups excluding carboxylic acids is 1. The highest BCUT2D eigenvalue weighted by Crippen LogP contribution is 2.30. The maximum atomic E-state index is 13.6. The molecule has 11 heteroatoms. The van der Waals surface area contributed by atoms with Crippen molar-refractivity contribution in [3.63, 3.8) is 0 Å². The quantitative estimate of drug-likeness (QED) is 0.246. The predicted octanol–water partition coefficient (Wildman–Crippen LogP) is 4.91. The Morgan fingerprint density at radius 1 is 0.950 bits per heavy atom. The Balaban J connectivity index is 1.60. The van der Waals surface area contributed by atoms with Crippen LogP contribution in [0, 0.1) is 6.92 Å². The maximum Gasteiger partial charge on any atom is 0.269 e. The number of anilines is 5. The molecule has 40 heavy (non-hydrogen) atoms. The fourth-order valence-corrected chi connectivity index (χ4v) is 5.45. The summed E-state index contributed by atoms with van der Waals surface area (Å²) in [5.74, 6) is 0.531. The van der Waals surface area contributed by atoms with E-state index in [4.69, 9.17) is 5.73 Å². The summed E-state index contributed by atoms with van der Waals surface area (Å²) < 4.78 is 28.4. The van der Waals surface area contributed by atoms with Gasteiger partial charge >= 0.3 is 0 Å². The van der Waals surface area contributed by atoms with E-state index in [1.807, 2.05) is 31.2 Å². The Labute approximate surface area is 232 Å². The van der Waals surface area contributed by atoms with E-state index in [2.05, 4.69) is 20.6 Å².